The molecule has 4 aromatic rings. The van der Waals surface area contributed by atoms with E-state index in [1.165, 1.54) is 12.3 Å². The second-order valence-corrected chi connectivity index (χ2v) is 11.1. The number of hydrogen-bond acceptors (Lipinski definition) is 7. The van der Waals surface area contributed by atoms with E-state index in [1.54, 1.807) is 35.4 Å². The summed E-state index contributed by atoms with van der Waals surface area (Å²) in [5.41, 5.74) is 2.34. The third-order valence-electron chi connectivity index (χ3n) is 8.01. The number of nitrogens with zero attached hydrogens (tertiary/aromatic N) is 4. The van der Waals surface area contributed by atoms with Gasteiger partial charge < -0.3 is 25.2 Å². The fourth-order valence-electron chi connectivity index (χ4n) is 5.75. The lowest BCUT2D eigenvalue weighted by Gasteiger charge is -2.31. The zero-order valence-electron chi connectivity index (χ0n) is 22.9. The van der Waals surface area contributed by atoms with Crippen molar-refractivity contribution >= 4 is 34.0 Å². The van der Waals surface area contributed by atoms with Gasteiger partial charge in [0.25, 0.3) is 11.5 Å². The lowest BCUT2D eigenvalue weighted by Crippen LogP contribution is -2.39. The van der Waals surface area contributed by atoms with Crippen LogP contribution in [0.15, 0.2) is 59.7 Å². The first kappa shape index (κ1) is 26.9. The summed E-state index contributed by atoms with van der Waals surface area (Å²) in [7, 11) is 0. The minimum Gasteiger partial charge on any atom is -0.393 e. The van der Waals surface area contributed by atoms with Gasteiger partial charge in [-0.25, -0.2) is 14.4 Å². The third-order valence-corrected chi connectivity index (χ3v) is 8.01. The number of amides is 1. The molecule has 1 amide bonds. The highest BCUT2D eigenvalue weighted by Gasteiger charge is 2.23. The van der Waals surface area contributed by atoms with Crippen LogP contribution >= 0.6 is 0 Å². The van der Waals surface area contributed by atoms with Crippen LogP contribution in [-0.4, -0.2) is 63.1 Å². The van der Waals surface area contributed by atoms with E-state index >= 15 is 4.39 Å². The number of benzene rings is 1. The molecule has 2 saturated heterocycles. The molecule has 3 aromatic heterocycles. The summed E-state index contributed by atoms with van der Waals surface area (Å²) in [5, 5.41) is 13.3. The Balaban J connectivity index is 1.30. The van der Waals surface area contributed by atoms with Crippen molar-refractivity contribution in [2.45, 2.75) is 38.7 Å². The van der Waals surface area contributed by atoms with Gasteiger partial charge in [-0.05, 0) is 74.1 Å². The number of hydrogen-bond donors (Lipinski definition) is 3. The molecule has 1 unspecified atom stereocenters. The SMILES string of the molecule is CC1CCCN(C(=O)c2ccc(-c3cc(Nc4ccc(N5CCC(O)CC5)cn4)c4c(=O)[nH]ccc4n3)c(F)c2)C1. The molecule has 2 fully saturated rings. The molecule has 0 bridgehead atoms. The maximum atomic E-state index is 15.5. The number of aliphatic hydroxyl groups is 1. The summed E-state index contributed by atoms with van der Waals surface area (Å²) in [5.74, 6) is 0.220. The number of likely N-dealkylation sites (tertiary alicyclic amines) is 1. The molecular formula is C31H33FN6O3. The second kappa shape index (κ2) is 11.3. The zero-order valence-corrected chi connectivity index (χ0v) is 22.9. The minimum absolute atomic E-state index is 0.169. The van der Waals surface area contributed by atoms with Gasteiger partial charge in [0.2, 0.25) is 0 Å². The molecule has 1 aromatic carbocycles. The number of rotatable bonds is 5. The number of halogens is 1. The largest absolute Gasteiger partial charge is 0.393 e. The molecule has 41 heavy (non-hydrogen) atoms. The summed E-state index contributed by atoms with van der Waals surface area (Å²) >= 11 is 0. The van der Waals surface area contributed by atoms with Crippen LogP contribution in [0.1, 0.15) is 43.0 Å². The number of H-pyrrole nitrogens is 1. The first-order chi connectivity index (χ1) is 19.9. The highest BCUT2D eigenvalue weighted by Crippen LogP contribution is 2.31. The van der Waals surface area contributed by atoms with Crippen LogP contribution in [0.25, 0.3) is 22.2 Å². The predicted molar refractivity (Wildman–Crippen MR) is 157 cm³/mol. The van der Waals surface area contributed by atoms with E-state index in [0.717, 1.165) is 44.5 Å². The van der Waals surface area contributed by atoms with Crippen molar-refractivity contribution in [3.63, 3.8) is 0 Å². The number of aliphatic hydroxyl groups excluding tert-OH is 1. The lowest BCUT2D eigenvalue weighted by atomic mass is 9.99. The molecule has 0 saturated carbocycles. The van der Waals surface area contributed by atoms with Gasteiger partial charge in [0.15, 0.2) is 0 Å². The topological polar surface area (TPSA) is 114 Å². The summed E-state index contributed by atoms with van der Waals surface area (Å²) in [6.45, 7) is 5.00. The summed E-state index contributed by atoms with van der Waals surface area (Å²) < 4.78 is 15.5. The van der Waals surface area contributed by atoms with Crippen LogP contribution in [0.4, 0.5) is 21.6 Å². The van der Waals surface area contributed by atoms with E-state index < -0.39 is 5.82 Å². The van der Waals surface area contributed by atoms with Crippen LogP contribution in [0.5, 0.6) is 0 Å². The van der Waals surface area contributed by atoms with E-state index in [1.807, 2.05) is 12.1 Å². The number of aromatic nitrogens is 3. The van der Waals surface area contributed by atoms with E-state index in [0.29, 0.717) is 52.7 Å². The monoisotopic (exact) mass is 556 g/mol. The Morgan fingerprint density at radius 1 is 1.10 bits per heavy atom. The number of piperidine rings is 2. The molecule has 0 radical (unpaired) electrons. The maximum absolute atomic E-state index is 15.5. The second-order valence-electron chi connectivity index (χ2n) is 11.1. The van der Waals surface area contributed by atoms with Gasteiger partial charge >= 0.3 is 0 Å². The first-order valence-electron chi connectivity index (χ1n) is 14.1. The summed E-state index contributed by atoms with van der Waals surface area (Å²) in [4.78, 5) is 41.6. The fourth-order valence-corrected chi connectivity index (χ4v) is 5.75. The van der Waals surface area contributed by atoms with Crippen molar-refractivity contribution in [3.8, 4) is 11.3 Å². The predicted octanol–water partition coefficient (Wildman–Crippen LogP) is 4.70. The Hall–Kier alpha value is -4.31. The van der Waals surface area contributed by atoms with Crippen molar-refractivity contribution in [1.29, 1.82) is 0 Å². The van der Waals surface area contributed by atoms with E-state index in [-0.39, 0.29) is 23.1 Å². The fraction of sp³-hybridized carbons (Fsp3) is 0.355. The van der Waals surface area contributed by atoms with Gasteiger partial charge in [0, 0.05) is 43.5 Å². The first-order valence-corrected chi connectivity index (χ1v) is 14.1. The van der Waals surface area contributed by atoms with Crippen LogP contribution in [0, 0.1) is 11.7 Å². The van der Waals surface area contributed by atoms with E-state index in [4.69, 9.17) is 0 Å². The zero-order chi connectivity index (χ0) is 28.5. The number of anilines is 3. The molecule has 2 aliphatic heterocycles. The van der Waals surface area contributed by atoms with Gasteiger partial charge in [-0.1, -0.05) is 6.92 Å². The molecule has 2 aliphatic rings. The molecule has 212 valence electrons. The number of nitrogens with one attached hydrogen (secondary N) is 2. The smallest absolute Gasteiger partial charge is 0.259 e. The average molecular weight is 557 g/mol. The lowest BCUT2D eigenvalue weighted by molar-refractivity contribution is 0.0682. The molecule has 9 nitrogen and oxygen atoms in total. The Kier molecular flexibility index (Phi) is 7.40. The van der Waals surface area contributed by atoms with Crippen LogP contribution in [0.2, 0.25) is 0 Å². The summed E-state index contributed by atoms with van der Waals surface area (Å²) in [6.07, 6.45) is 6.48. The van der Waals surface area contributed by atoms with Gasteiger partial charge in [-0.15, -0.1) is 0 Å². The highest BCUT2D eigenvalue weighted by atomic mass is 19.1. The highest BCUT2D eigenvalue weighted by molar-refractivity contribution is 5.96. The molecular weight excluding hydrogens is 523 g/mol. The third kappa shape index (κ3) is 5.65. The Morgan fingerprint density at radius 3 is 2.66 bits per heavy atom. The number of fused-ring (bicyclic) bond motifs is 1. The molecule has 6 rings (SSSR count). The minimum atomic E-state index is -0.558. The van der Waals surface area contributed by atoms with Crippen molar-refractivity contribution in [2.75, 3.05) is 36.4 Å². The average Bonchev–Trinajstić information content (AvgIpc) is 2.97. The van der Waals surface area contributed by atoms with Crippen LogP contribution in [-0.2, 0) is 0 Å². The normalized spacial score (nSPS) is 18.1. The van der Waals surface area contributed by atoms with Crippen molar-refractivity contribution < 1.29 is 14.3 Å². The maximum Gasteiger partial charge on any atom is 0.259 e. The molecule has 5 heterocycles. The van der Waals surface area contributed by atoms with Crippen molar-refractivity contribution in [2.24, 2.45) is 5.92 Å². The number of pyridine rings is 3. The Morgan fingerprint density at radius 2 is 1.93 bits per heavy atom. The molecule has 1 atom stereocenters. The Bertz CT molecular complexity index is 1630. The Labute approximate surface area is 237 Å². The van der Waals surface area contributed by atoms with E-state index in [9.17, 15) is 14.7 Å². The molecule has 0 spiro atoms. The quantitative estimate of drug-likeness (QED) is 0.326. The van der Waals surface area contributed by atoms with Crippen LogP contribution in [0.3, 0.4) is 0 Å². The molecule has 0 aliphatic carbocycles. The van der Waals surface area contributed by atoms with Gasteiger partial charge in [0.05, 0.1) is 40.3 Å². The van der Waals surface area contributed by atoms with Crippen molar-refractivity contribution in [3.05, 3.63) is 76.6 Å². The van der Waals surface area contributed by atoms with Gasteiger partial charge in [-0.2, -0.15) is 0 Å². The summed E-state index contributed by atoms with van der Waals surface area (Å²) in [6, 6.07) is 11.5. The number of carbonyl (C=O) groups excluding carboxylic acids is 1. The number of carbonyl (C=O) groups is 1. The standard InChI is InChI=1S/C31H33FN6O3/c1-19-3-2-12-38(18-19)31(41)20-4-6-23(24(32)15-20)26-16-27(29-25(35-26)8-11-33-30(29)40)36-28-7-5-21(17-34-28)37-13-9-22(39)10-14-37/h4-8,11,15-17,19,22,39H,2-3,9-10,12-14,18H2,1H3,(H,33,40)(H,34,35,36). The molecule has 3 N–H and O–H groups in total. The number of aromatic amines is 1. The van der Waals surface area contributed by atoms with Gasteiger partial charge in [0.1, 0.15) is 11.6 Å². The van der Waals surface area contributed by atoms with Crippen molar-refractivity contribution in [1.82, 2.24) is 19.9 Å². The molecule has 10 heteroatoms. The van der Waals surface area contributed by atoms with Gasteiger partial charge in [-0.3, -0.25) is 9.59 Å². The van der Waals surface area contributed by atoms with E-state index in [2.05, 4.69) is 32.1 Å². The van der Waals surface area contributed by atoms with Crippen LogP contribution < -0.4 is 15.8 Å².